The third kappa shape index (κ3) is 3.24. The van der Waals surface area contributed by atoms with Crippen molar-refractivity contribution in [2.24, 2.45) is 22.7 Å². The van der Waals surface area contributed by atoms with Gasteiger partial charge in [0.1, 0.15) is 5.54 Å². The number of imide groups is 2. The summed E-state index contributed by atoms with van der Waals surface area (Å²) in [6.45, 7) is 3.88. The van der Waals surface area contributed by atoms with E-state index in [1.807, 2.05) is 43.3 Å². The normalized spacial score (nSPS) is 30.0. The number of carbonyl (C=O) groups excluding carboxylic acids is 4. The van der Waals surface area contributed by atoms with Gasteiger partial charge in [0.05, 0.1) is 24.1 Å². The van der Waals surface area contributed by atoms with Gasteiger partial charge in [0.2, 0.25) is 17.7 Å². The number of nitrogens with zero attached hydrogens (tertiary/aromatic N) is 3. The van der Waals surface area contributed by atoms with Crippen LogP contribution in [0.5, 0.6) is 0 Å². The smallest absolute Gasteiger partial charge is 0.393 e. The molecule has 0 unspecified atom stereocenters. The maximum Gasteiger partial charge on any atom is 0.424 e. The first kappa shape index (κ1) is 23.3. The van der Waals surface area contributed by atoms with Crippen LogP contribution in [-0.4, -0.2) is 40.2 Å². The summed E-state index contributed by atoms with van der Waals surface area (Å²) in [6.07, 6.45) is 0.612. The number of rotatable bonds is 4. The lowest BCUT2D eigenvalue weighted by Crippen LogP contribution is -2.63. The zero-order valence-electron chi connectivity index (χ0n) is 20.7. The molecule has 3 heterocycles. The maximum absolute atomic E-state index is 14.0. The summed E-state index contributed by atoms with van der Waals surface area (Å²) < 4.78 is 5.65. The number of ether oxygens (including phenoxy) is 1. The van der Waals surface area contributed by atoms with Gasteiger partial charge < -0.3 is 4.74 Å². The second kappa shape index (κ2) is 8.50. The Balaban J connectivity index is 1.49. The number of anilines is 1. The molecule has 37 heavy (non-hydrogen) atoms. The molecule has 0 spiro atoms. The van der Waals surface area contributed by atoms with Crippen LogP contribution in [0.1, 0.15) is 38.7 Å². The van der Waals surface area contributed by atoms with Gasteiger partial charge in [0.25, 0.3) is 5.91 Å². The third-order valence-electron chi connectivity index (χ3n) is 8.27. The van der Waals surface area contributed by atoms with Gasteiger partial charge in [-0.05, 0) is 43.9 Å². The zero-order valence-corrected chi connectivity index (χ0v) is 20.7. The number of amides is 4. The zero-order chi connectivity index (χ0) is 25.9. The van der Waals surface area contributed by atoms with Crippen molar-refractivity contribution in [1.29, 1.82) is 0 Å². The predicted octanol–water partition coefficient (Wildman–Crippen LogP) is 4.26. The van der Waals surface area contributed by atoms with Crippen LogP contribution in [0.15, 0.2) is 76.8 Å². The van der Waals surface area contributed by atoms with Crippen molar-refractivity contribution in [2.45, 2.75) is 45.2 Å². The van der Waals surface area contributed by atoms with Gasteiger partial charge in [0, 0.05) is 11.5 Å². The Morgan fingerprint density at radius 3 is 2.32 bits per heavy atom. The monoisotopic (exact) mass is 497 g/mol. The molecule has 188 valence electrons. The fourth-order valence-corrected chi connectivity index (χ4v) is 6.64. The van der Waals surface area contributed by atoms with E-state index in [4.69, 9.17) is 4.74 Å². The van der Waals surface area contributed by atoms with Gasteiger partial charge >= 0.3 is 6.09 Å². The van der Waals surface area contributed by atoms with E-state index in [0.717, 1.165) is 16.0 Å². The molecule has 0 aromatic heterocycles. The van der Waals surface area contributed by atoms with Gasteiger partial charge in [-0.15, -0.1) is 0 Å². The van der Waals surface area contributed by atoms with Crippen LogP contribution in [0.3, 0.4) is 0 Å². The van der Waals surface area contributed by atoms with E-state index in [2.05, 4.69) is 4.99 Å². The lowest BCUT2D eigenvalue weighted by Gasteiger charge is -2.48. The molecule has 0 bridgehead atoms. The van der Waals surface area contributed by atoms with Crippen LogP contribution in [0, 0.1) is 17.8 Å². The summed E-state index contributed by atoms with van der Waals surface area (Å²) in [5, 5.41) is 0. The molecule has 4 aliphatic rings. The number of benzene rings is 2. The molecule has 8 nitrogen and oxygen atoms in total. The van der Waals surface area contributed by atoms with Gasteiger partial charge in [-0.3, -0.25) is 19.3 Å². The van der Waals surface area contributed by atoms with E-state index in [1.165, 1.54) is 4.90 Å². The fraction of sp³-hybridized carbons (Fsp3) is 0.345. The molecule has 2 saturated heterocycles. The van der Waals surface area contributed by atoms with Crippen LogP contribution < -0.4 is 4.90 Å². The predicted molar refractivity (Wildman–Crippen MR) is 135 cm³/mol. The molecule has 4 atom stereocenters. The first-order chi connectivity index (χ1) is 17.9. The van der Waals surface area contributed by atoms with Crippen LogP contribution in [0.2, 0.25) is 0 Å². The Bertz CT molecular complexity index is 1380. The van der Waals surface area contributed by atoms with Gasteiger partial charge in [-0.2, -0.15) is 0 Å². The van der Waals surface area contributed by atoms with Crippen molar-refractivity contribution in [2.75, 3.05) is 4.90 Å². The molecule has 6 rings (SSSR count). The average molecular weight is 498 g/mol. The number of hydrogen-bond acceptors (Lipinski definition) is 6. The second-order valence-electron chi connectivity index (χ2n) is 10.1. The van der Waals surface area contributed by atoms with Crippen molar-refractivity contribution in [1.82, 2.24) is 4.90 Å². The van der Waals surface area contributed by atoms with Crippen molar-refractivity contribution in [3.05, 3.63) is 77.4 Å². The highest BCUT2D eigenvalue weighted by atomic mass is 16.6. The Labute approximate surface area is 214 Å². The van der Waals surface area contributed by atoms with E-state index >= 15 is 0 Å². The topological polar surface area (TPSA) is 96.3 Å². The minimum Gasteiger partial charge on any atom is -0.393 e. The van der Waals surface area contributed by atoms with Crippen molar-refractivity contribution < 1.29 is 23.9 Å². The summed E-state index contributed by atoms with van der Waals surface area (Å²) >= 11 is 0. The van der Waals surface area contributed by atoms with Crippen LogP contribution in [0.4, 0.5) is 10.5 Å². The third-order valence-corrected chi connectivity index (χ3v) is 8.27. The molecule has 0 radical (unpaired) electrons. The standard InChI is InChI=1S/C29H27N3O5/c1-3-19-20-14-15-21-22(26(35)31(24(21)33)18-12-8-5-9-13-18)23(20)29(2)27(37-28(36)32(29)25(19)34)30-16-17-10-6-4-7-11-17/h4-13,21-23H,3,14-16H2,1-2H3/t21-,22-,23+,29+/m1/s1. The molecule has 1 aliphatic carbocycles. The van der Waals surface area contributed by atoms with E-state index < -0.39 is 35.3 Å². The highest BCUT2D eigenvalue weighted by Crippen LogP contribution is 2.56. The minimum absolute atomic E-state index is 0.117. The molecular weight excluding hydrogens is 470 g/mol. The molecule has 1 saturated carbocycles. The SMILES string of the molecule is CCC1=C2CC[C@H]3C(=O)N(c4ccccc4)C(=O)[C@H]3[C@H]2[C@@]2(C)C(=NCc3ccccc3)OC(=O)N2C1=O. The molecule has 4 amide bonds. The Morgan fingerprint density at radius 1 is 0.973 bits per heavy atom. The molecule has 0 N–H and O–H groups in total. The maximum atomic E-state index is 14.0. The van der Waals surface area contributed by atoms with E-state index in [9.17, 15) is 19.2 Å². The van der Waals surface area contributed by atoms with Gasteiger partial charge in [-0.1, -0.05) is 61.0 Å². The number of fused-ring (bicyclic) bond motifs is 5. The van der Waals surface area contributed by atoms with Gasteiger partial charge in [0.15, 0.2) is 0 Å². The highest BCUT2D eigenvalue weighted by molar-refractivity contribution is 6.23. The highest BCUT2D eigenvalue weighted by Gasteiger charge is 2.68. The summed E-state index contributed by atoms with van der Waals surface area (Å²) in [7, 11) is 0. The Morgan fingerprint density at radius 2 is 1.65 bits per heavy atom. The van der Waals surface area contributed by atoms with Crippen molar-refractivity contribution in [3.63, 3.8) is 0 Å². The number of hydrogen-bond donors (Lipinski definition) is 0. The number of cyclic esters (lactones) is 1. The van der Waals surface area contributed by atoms with E-state index in [0.29, 0.717) is 30.5 Å². The number of para-hydroxylation sites is 1. The number of carbonyl (C=O) groups is 4. The molecule has 3 aliphatic heterocycles. The molecular formula is C29H27N3O5. The first-order valence-corrected chi connectivity index (χ1v) is 12.7. The quantitative estimate of drug-likeness (QED) is 0.588. The summed E-state index contributed by atoms with van der Waals surface area (Å²) in [5.74, 6) is -2.69. The van der Waals surface area contributed by atoms with Gasteiger partial charge in [-0.25, -0.2) is 14.7 Å². The van der Waals surface area contributed by atoms with E-state index in [1.54, 1.807) is 31.2 Å². The molecule has 3 fully saturated rings. The molecule has 2 aromatic rings. The second-order valence-corrected chi connectivity index (χ2v) is 10.1. The lowest BCUT2D eigenvalue weighted by molar-refractivity contribution is -0.133. The Kier molecular flexibility index (Phi) is 5.36. The molecule has 8 heteroatoms. The Hall–Kier alpha value is -4.07. The minimum atomic E-state index is -1.30. The molecule has 2 aromatic carbocycles. The lowest BCUT2D eigenvalue weighted by atomic mass is 9.59. The van der Waals surface area contributed by atoms with Crippen molar-refractivity contribution >= 4 is 35.4 Å². The summed E-state index contributed by atoms with van der Waals surface area (Å²) in [5.41, 5.74) is 1.51. The average Bonchev–Trinajstić information content (AvgIpc) is 3.33. The van der Waals surface area contributed by atoms with Crippen molar-refractivity contribution in [3.8, 4) is 0 Å². The van der Waals surface area contributed by atoms with Crippen LogP contribution in [0.25, 0.3) is 0 Å². The van der Waals surface area contributed by atoms with E-state index in [-0.39, 0.29) is 24.3 Å². The number of aliphatic imine (C=N–C) groups is 1. The van der Waals surface area contributed by atoms with Crippen LogP contribution >= 0.6 is 0 Å². The first-order valence-electron chi connectivity index (χ1n) is 12.7. The summed E-state index contributed by atoms with van der Waals surface area (Å²) in [6, 6.07) is 18.4. The van der Waals surface area contributed by atoms with Crippen LogP contribution in [-0.2, 0) is 25.7 Å². The fourth-order valence-electron chi connectivity index (χ4n) is 6.64. The summed E-state index contributed by atoms with van der Waals surface area (Å²) in [4.78, 5) is 61.4. The largest absolute Gasteiger partial charge is 0.424 e.